The molecule has 0 unspecified atom stereocenters. The van der Waals surface area contributed by atoms with Crippen LogP contribution in [-0.4, -0.2) is 40.1 Å². The normalized spacial score (nSPS) is 14.5. The summed E-state index contributed by atoms with van der Waals surface area (Å²) in [5.74, 6) is -1.39. The molecule has 0 aromatic heterocycles. The van der Waals surface area contributed by atoms with E-state index in [4.69, 9.17) is 27.9 Å². The minimum atomic E-state index is -5.07. The molecule has 4 rings (SSSR count). The van der Waals surface area contributed by atoms with E-state index in [-0.39, 0.29) is 45.3 Å². The molecule has 0 atom stereocenters. The Kier molecular flexibility index (Phi) is 9.50. The number of hydrogen-bond acceptors (Lipinski definition) is 5. The molecule has 1 saturated heterocycles. The van der Waals surface area contributed by atoms with Gasteiger partial charge in [-0.2, -0.15) is 13.2 Å². The summed E-state index contributed by atoms with van der Waals surface area (Å²) in [6.45, 7) is 1.42. The van der Waals surface area contributed by atoms with E-state index >= 15 is 0 Å². The van der Waals surface area contributed by atoms with Gasteiger partial charge in [-0.3, -0.25) is 9.52 Å². The fourth-order valence-corrected chi connectivity index (χ4v) is 5.83. The molecule has 0 radical (unpaired) electrons. The number of nitrogens with zero attached hydrogens (tertiary/aromatic N) is 1. The highest BCUT2D eigenvalue weighted by Crippen LogP contribution is 2.36. The second kappa shape index (κ2) is 12.7. The van der Waals surface area contributed by atoms with Crippen molar-refractivity contribution in [1.82, 2.24) is 5.32 Å². The first-order valence-corrected chi connectivity index (χ1v) is 14.6. The Bertz CT molecular complexity index is 1450. The molecule has 1 heterocycles. The molecule has 0 saturated carbocycles. The Hall–Kier alpha value is -2.99. The molecule has 1 amide bonds. The maximum absolute atomic E-state index is 13.4. The number of carbonyl (C=O) groups excluding carboxylic acids is 1. The van der Waals surface area contributed by atoms with Gasteiger partial charge in [0.1, 0.15) is 5.75 Å². The van der Waals surface area contributed by atoms with Crippen LogP contribution in [0, 0.1) is 5.92 Å². The maximum atomic E-state index is 13.4. The van der Waals surface area contributed by atoms with Crippen LogP contribution in [0.4, 0.5) is 24.5 Å². The number of ether oxygens (including phenoxy) is 1. The van der Waals surface area contributed by atoms with Gasteiger partial charge in [-0.1, -0.05) is 35.3 Å². The Morgan fingerprint density at radius 1 is 1.00 bits per heavy atom. The number of nitrogens with one attached hydrogen (secondary N) is 2. The number of rotatable bonds is 9. The summed E-state index contributed by atoms with van der Waals surface area (Å²) in [5, 5.41) is 3.82. The first kappa shape index (κ1) is 30.0. The van der Waals surface area contributed by atoms with E-state index in [1.165, 1.54) is 36.4 Å². The van der Waals surface area contributed by atoms with Gasteiger partial charge in [0.15, 0.2) is 5.75 Å². The number of anilines is 2. The molecule has 1 fully saturated rings. The first-order valence-electron chi connectivity index (χ1n) is 12.4. The molecular weight excluding hydrogens is 590 g/mol. The number of alkyl halides is 3. The molecule has 40 heavy (non-hydrogen) atoms. The molecular formula is C27H26Cl2F3N3O4S. The van der Waals surface area contributed by atoms with Gasteiger partial charge in [-0.15, -0.1) is 0 Å². The lowest BCUT2D eigenvalue weighted by Crippen LogP contribution is -2.42. The summed E-state index contributed by atoms with van der Waals surface area (Å²) < 4.78 is 74.6. The van der Waals surface area contributed by atoms with Crippen LogP contribution in [0.2, 0.25) is 10.0 Å². The fourth-order valence-electron chi connectivity index (χ4n) is 4.31. The zero-order valence-electron chi connectivity index (χ0n) is 21.0. The van der Waals surface area contributed by atoms with E-state index in [1.54, 1.807) is 18.2 Å². The maximum Gasteiger partial charge on any atom is 0.471 e. The number of amides is 1. The van der Waals surface area contributed by atoms with Gasteiger partial charge >= 0.3 is 12.1 Å². The zero-order valence-corrected chi connectivity index (χ0v) is 23.4. The van der Waals surface area contributed by atoms with Crippen molar-refractivity contribution in [2.45, 2.75) is 30.3 Å². The van der Waals surface area contributed by atoms with E-state index in [0.29, 0.717) is 16.3 Å². The molecule has 3 aromatic rings. The summed E-state index contributed by atoms with van der Waals surface area (Å²) in [6, 6.07) is 15.5. The average molecular weight is 616 g/mol. The first-order chi connectivity index (χ1) is 18.9. The van der Waals surface area contributed by atoms with Crippen LogP contribution in [0.25, 0.3) is 0 Å². The van der Waals surface area contributed by atoms with E-state index in [1.807, 2.05) is 0 Å². The van der Waals surface area contributed by atoms with Crippen LogP contribution in [0.15, 0.2) is 71.6 Å². The lowest BCUT2D eigenvalue weighted by Gasteiger charge is -2.28. The summed E-state index contributed by atoms with van der Waals surface area (Å²) in [7, 11) is -4.18. The highest BCUT2D eigenvalue weighted by atomic mass is 35.5. The molecule has 2 N–H and O–H groups in total. The number of para-hydroxylation sites is 2. The van der Waals surface area contributed by atoms with Crippen molar-refractivity contribution < 1.29 is 31.1 Å². The molecule has 0 bridgehead atoms. The molecule has 7 nitrogen and oxygen atoms in total. The fraction of sp³-hybridized carbons (Fsp3) is 0.296. The van der Waals surface area contributed by atoms with Crippen molar-refractivity contribution in [2.24, 2.45) is 5.92 Å². The lowest BCUT2D eigenvalue weighted by molar-refractivity contribution is -0.170. The molecule has 0 aliphatic carbocycles. The van der Waals surface area contributed by atoms with Gasteiger partial charge in [-0.05, 0) is 92.9 Å². The Morgan fingerprint density at radius 2 is 1.68 bits per heavy atom. The van der Waals surface area contributed by atoms with Crippen molar-refractivity contribution in [2.75, 3.05) is 29.3 Å². The Morgan fingerprint density at radius 3 is 2.33 bits per heavy atom. The Labute approximate surface area is 240 Å². The third-order valence-electron chi connectivity index (χ3n) is 6.41. The van der Waals surface area contributed by atoms with E-state index in [0.717, 1.165) is 38.1 Å². The van der Waals surface area contributed by atoms with Crippen LogP contribution in [0.1, 0.15) is 19.3 Å². The van der Waals surface area contributed by atoms with Crippen molar-refractivity contribution >= 4 is 50.5 Å². The number of halogens is 5. The second-order valence-corrected chi connectivity index (χ2v) is 11.7. The van der Waals surface area contributed by atoms with Gasteiger partial charge < -0.3 is 15.0 Å². The van der Waals surface area contributed by atoms with Gasteiger partial charge in [-0.25, -0.2) is 8.42 Å². The third kappa shape index (κ3) is 7.60. The number of sulfonamides is 1. The van der Waals surface area contributed by atoms with Crippen LogP contribution in [0.5, 0.6) is 11.5 Å². The largest absolute Gasteiger partial charge is 0.471 e. The summed E-state index contributed by atoms with van der Waals surface area (Å²) >= 11 is 12.1. The second-order valence-electron chi connectivity index (χ2n) is 9.21. The number of hydrogen-bond donors (Lipinski definition) is 2. The summed E-state index contributed by atoms with van der Waals surface area (Å²) in [4.78, 5) is 12.7. The highest BCUT2D eigenvalue weighted by Gasteiger charge is 2.43. The van der Waals surface area contributed by atoms with E-state index < -0.39 is 22.1 Å². The summed E-state index contributed by atoms with van der Waals surface area (Å²) in [6.07, 6.45) is -3.05. The van der Waals surface area contributed by atoms with Crippen LogP contribution >= 0.6 is 23.2 Å². The zero-order chi connectivity index (χ0) is 28.9. The van der Waals surface area contributed by atoms with E-state index in [2.05, 4.69) is 10.0 Å². The minimum Gasteiger partial charge on any atom is -0.454 e. The minimum absolute atomic E-state index is 0.0451. The van der Waals surface area contributed by atoms with Crippen molar-refractivity contribution in [3.63, 3.8) is 0 Å². The third-order valence-corrected chi connectivity index (χ3v) is 8.32. The molecule has 1 aliphatic rings. The topological polar surface area (TPSA) is 87.7 Å². The standard InChI is InChI=1S/C27H26Cl2F3N3O4S/c28-19-5-10-24(22(29)17-19)39-25-4-2-1-3-23(25)34-40(37,38)21-8-6-20(7-9-21)35(26(36)27(30,31)32)16-13-18-11-14-33-15-12-18/h1-10,17-18,33-34H,11-16H2. The molecule has 0 spiro atoms. The van der Waals surface area contributed by atoms with E-state index in [9.17, 15) is 26.4 Å². The van der Waals surface area contributed by atoms with Crippen LogP contribution in [-0.2, 0) is 14.8 Å². The smallest absolute Gasteiger partial charge is 0.454 e. The molecule has 3 aromatic carbocycles. The van der Waals surface area contributed by atoms with Gasteiger partial charge in [0, 0.05) is 17.3 Å². The SMILES string of the molecule is O=C(N(CCC1CCNCC1)c1ccc(S(=O)(=O)Nc2ccccc2Oc2ccc(Cl)cc2Cl)cc1)C(F)(F)F. The number of benzene rings is 3. The Balaban J connectivity index is 1.53. The lowest BCUT2D eigenvalue weighted by atomic mass is 9.94. The average Bonchev–Trinajstić information content (AvgIpc) is 2.91. The molecule has 1 aliphatic heterocycles. The highest BCUT2D eigenvalue weighted by molar-refractivity contribution is 7.92. The monoisotopic (exact) mass is 615 g/mol. The van der Waals surface area contributed by atoms with Crippen LogP contribution in [0.3, 0.4) is 0 Å². The predicted molar refractivity (Wildman–Crippen MR) is 149 cm³/mol. The van der Waals surface area contributed by atoms with Crippen LogP contribution < -0.4 is 19.7 Å². The quantitative estimate of drug-likeness (QED) is 0.274. The predicted octanol–water partition coefficient (Wildman–Crippen LogP) is 6.87. The number of carbonyl (C=O) groups is 1. The van der Waals surface area contributed by atoms with Crippen molar-refractivity contribution in [1.29, 1.82) is 0 Å². The van der Waals surface area contributed by atoms with Crippen molar-refractivity contribution in [3.05, 3.63) is 76.8 Å². The van der Waals surface area contributed by atoms with Gasteiger partial charge in [0.05, 0.1) is 15.6 Å². The van der Waals surface area contributed by atoms with Gasteiger partial charge in [0.2, 0.25) is 0 Å². The summed E-state index contributed by atoms with van der Waals surface area (Å²) in [5.41, 5.74) is 0.0600. The van der Waals surface area contributed by atoms with Crippen molar-refractivity contribution in [3.8, 4) is 11.5 Å². The molecule has 13 heteroatoms. The number of piperidine rings is 1. The van der Waals surface area contributed by atoms with Gasteiger partial charge in [0.25, 0.3) is 10.0 Å². The molecule has 214 valence electrons.